The van der Waals surface area contributed by atoms with Gasteiger partial charge in [0.1, 0.15) is 0 Å². The highest BCUT2D eigenvalue weighted by molar-refractivity contribution is 5.90. The summed E-state index contributed by atoms with van der Waals surface area (Å²) in [7, 11) is 2.19. The quantitative estimate of drug-likeness (QED) is 0.894. The van der Waals surface area contributed by atoms with Crippen molar-refractivity contribution in [2.45, 2.75) is 25.8 Å². The van der Waals surface area contributed by atoms with E-state index in [1.165, 1.54) is 37.0 Å². The summed E-state index contributed by atoms with van der Waals surface area (Å²) < 4.78 is 0. The maximum Gasteiger partial charge on any atom is 0.0936 e. The first-order chi connectivity index (χ1) is 9.22. The smallest absolute Gasteiger partial charge is 0.0936 e. The fraction of sp³-hybridized carbons (Fsp3) is 0.438. The summed E-state index contributed by atoms with van der Waals surface area (Å²) in [5.41, 5.74) is 3.35. The van der Waals surface area contributed by atoms with Gasteiger partial charge in [0.2, 0.25) is 0 Å². The molecule has 0 saturated carbocycles. The second-order valence-electron chi connectivity index (χ2n) is 5.55. The molecule has 3 heteroatoms. The molecule has 1 aromatic heterocycles. The van der Waals surface area contributed by atoms with Gasteiger partial charge >= 0.3 is 0 Å². The van der Waals surface area contributed by atoms with E-state index >= 15 is 0 Å². The van der Waals surface area contributed by atoms with Crippen molar-refractivity contribution in [2.24, 2.45) is 0 Å². The van der Waals surface area contributed by atoms with Crippen LogP contribution in [0, 0.1) is 6.92 Å². The van der Waals surface area contributed by atoms with Crippen LogP contribution >= 0.6 is 0 Å². The molecule has 2 aromatic rings. The largest absolute Gasteiger partial charge is 0.380 e. The number of nitrogens with zero attached hydrogens (tertiary/aromatic N) is 2. The van der Waals surface area contributed by atoms with E-state index in [-0.39, 0.29) is 0 Å². The Bertz CT molecular complexity index is 571. The van der Waals surface area contributed by atoms with Gasteiger partial charge in [0.15, 0.2) is 0 Å². The zero-order chi connectivity index (χ0) is 13.2. The van der Waals surface area contributed by atoms with Gasteiger partial charge in [-0.3, -0.25) is 4.98 Å². The highest BCUT2D eigenvalue weighted by atomic mass is 15.1. The molecule has 3 rings (SSSR count). The summed E-state index contributed by atoms with van der Waals surface area (Å²) in [6, 6.07) is 11.2. The number of pyridine rings is 1. The van der Waals surface area contributed by atoms with Crippen LogP contribution in [0.15, 0.2) is 30.3 Å². The number of aromatic nitrogens is 1. The van der Waals surface area contributed by atoms with E-state index < -0.39 is 0 Å². The Morgan fingerprint density at radius 1 is 1.16 bits per heavy atom. The lowest BCUT2D eigenvalue weighted by atomic mass is 10.0. The minimum Gasteiger partial charge on any atom is -0.380 e. The van der Waals surface area contributed by atoms with E-state index in [9.17, 15) is 0 Å². The molecule has 1 aliphatic heterocycles. The number of nitrogens with one attached hydrogen (secondary N) is 1. The van der Waals surface area contributed by atoms with Crippen LogP contribution in [0.2, 0.25) is 0 Å². The van der Waals surface area contributed by atoms with Crippen molar-refractivity contribution < 1.29 is 0 Å². The lowest BCUT2D eigenvalue weighted by Gasteiger charge is -2.30. The van der Waals surface area contributed by atoms with Crippen LogP contribution in [0.3, 0.4) is 0 Å². The third kappa shape index (κ3) is 2.71. The second kappa shape index (κ2) is 5.17. The molecule has 0 amide bonds. The molecule has 0 unspecified atom stereocenters. The molecular weight excluding hydrogens is 234 g/mol. The van der Waals surface area contributed by atoms with Crippen LogP contribution in [-0.2, 0) is 0 Å². The van der Waals surface area contributed by atoms with Gasteiger partial charge in [0, 0.05) is 17.1 Å². The third-order valence-corrected chi connectivity index (χ3v) is 3.94. The highest BCUT2D eigenvalue weighted by Gasteiger charge is 2.17. The first-order valence-corrected chi connectivity index (χ1v) is 7.04. The van der Waals surface area contributed by atoms with Gasteiger partial charge in [0.05, 0.1) is 11.2 Å². The first kappa shape index (κ1) is 12.4. The lowest BCUT2D eigenvalue weighted by Crippen LogP contribution is -2.36. The monoisotopic (exact) mass is 255 g/mol. The molecule has 1 aliphatic rings. The summed E-state index contributed by atoms with van der Waals surface area (Å²) in [4.78, 5) is 7.08. The molecule has 1 N–H and O–H groups in total. The molecule has 100 valence electrons. The summed E-state index contributed by atoms with van der Waals surface area (Å²) in [6.07, 6.45) is 2.41. The van der Waals surface area contributed by atoms with Crippen molar-refractivity contribution in [2.75, 3.05) is 25.5 Å². The van der Waals surface area contributed by atoms with E-state index in [4.69, 9.17) is 0 Å². The van der Waals surface area contributed by atoms with E-state index in [0.717, 1.165) is 11.2 Å². The Balaban J connectivity index is 1.86. The number of para-hydroxylation sites is 1. The van der Waals surface area contributed by atoms with Gasteiger partial charge in [0.25, 0.3) is 0 Å². The molecule has 0 aliphatic carbocycles. The van der Waals surface area contributed by atoms with Crippen molar-refractivity contribution in [3.63, 3.8) is 0 Å². The van der Waals surface area contributed by atoms with Gasteiger partial charge in [-0.05, 0) is 52.0 Å². The maximum absolute atomic E-state index is 4.68. The van der Waals surface area contributed by atoms with E-state index in [1.807, 2.05) is 6.92 Å². The number of anilines is 1. The average molecular weight is 255 g/mol. The van der Waals surface area contributed by atoms with Gasteiger partial charge in [-0.2, -0.15) is 0 Å². The zero-order valence-electron chi connectivity index (χ0n) is 11.7. The lowest BCUT2D eigenvalue weighted by molar-refractivity contribution is 0.264. The summed E-state index contributed by atoms with van der Waals surface area (Å²) in [6.45, 7) is 4.40. The Hall–Kier alpha value is -1.61. The first-order valence-electron chi connectivity index (χ1n) is 7.04. The van der Waals surface area contributed by atoms with Crippen LogP contribution in [0.5, 0.6) is 0 Å². The molecule has 19 heavy (non-hydrogen) atoms. The average Bonchev–Trinajstić information content (AvgIpc) is 2.42. The van der Waals surface area contributed by atoms with Crippen molar-refractivity contribution in [1.29, 1.82) is 0 Å². The second-order valence-corrected chi connectivity index (χ2v) is 5.55. The Labute approximate surface area is 114 Å². The normalized spacial score (nSPS) is 17.8. The van der Waals surface area contributed by atoms with Gasteiger partial charge in [-0.15, -0.1) is 0 Å². The number of benzene rings is 1. The maximum atomic E-state index is 4.68. The SMILES string of the molecule is Cc1ccc2cccc(NC3CCN(C)CC3)c2n1. The molecule has 0 radical (unpaired) electrons. The number of likely N-dealkylation sites (tertiary alicyclic amines) is 1. The molecule has 1 aromatic carbocycles. The molecule has 3 nitrogen and oxygen atoms in total. The Morgan fingerprint density at radius 3 is 2.74 bits per heavy atom. The minimum absolute atomic E-state index is 0.573. The van der Waals surface area contributed by atoms with Crippen molar-refractivity contribution in [3.8, 4) is 0 Å². The van der Waals surface area contributed by atoms with Crippen LogP contribution < -0.4 is 5.32 Å². The van der Waals surface area contributed by atoms with E-state index in [1.54, 1.807) is 0 Å². The van der Waals surface area contributed by atoms with Gasteiger partial charge < -0.3 is 10.2 Å². The number of aryl methyl sites for hydroxylation is 1. The molecular formula is C16H21N3. The van der Waals surface area contributed by atoms with Crippen LogP contribution in [0.25, 0.3) is 10.9 Å². The number of hydrogen-bond acceptors (Lipinski definition) is 3. The van der Waals surface area contributed by atoms with Crippen molar-refractivity contribution in [3.05, 3.63) is 36.0 Å². The molecule has 0 bridgehead atoms. The fourth-order valence-corrected chi connectivity index (χ4v) is 2.73. The standard InChI is InChI=1S/C16H21N3/c1-12-6-7-13-4-3-5-15(16(13)17-12)18-14-8-10-19(2)11-9-14/h3-7,14,18H,8-11H2,1-2H3. The van der Waals surface area contributed by atoms with Crippen LogP contribution in [0.4, 0.5) is 5.69 Å². The summed E-state index contributed by atoms with van der Waals surface area (Å²) in [5.74, 6) is 0. The van der Waals surface area contributed by atoms with Gasteiger partial charge in [-0.25, -0.2) is 0 Å². The number of piperidine rings is 1. The van der Waals surface area contributed by atoms with E-state index in [0.29, 0.717) is 6.04 Å². The predicted molar refractivity (Wildman–Crippen MR) is 80.6 cm³/mol. The number of rotatable bonds is 2. The Kier molecular flexibility index (Phi) is 3.38. The van der Waals surface area contributed by atoms with Crippen molar-refractivity contribution >= 4 is 16.6 Å². The summed E-state index contributed by atoms with van der Waals surface area (Å²) in [5, 5.41) is 4.89. The molecule has 2 heterocycles. The third-order valence-electron chi connectivity index (χ3n) is 3.94. The topological polar surface area (TPSA) is 28.2 Å². The molecule has 1 saturated heterocycles. The minimum atomic E-state index is 0.573. The predicted octanol–water partition coefficient (Wildman–Crippen LogP) is 3.05. The fourth-order valence-electron chi connectivity index (χ4n) is 2.73. The molecule has 0 spiro atoms. The van der Waals surface area contributed by atoms with Crippen molar-refractivity contribution in [1.82, 2.24) is 9.88 Å². The molecule has 1 fully saturated rings. The van der Waals surface area contributed by atoms with E-state index in [2.05, 4.69) is 52.6 Å². The molecule has 0 atom stereocenters. The van der Waals surface area contributed by atoms with Crippen LogP contribution in [-0.4, -0.2) is 36.1 Å². The highest BCUT2D eigenvalue weighted by Crippen LogP contribution is 2.24. The number of hydrogen-bond donors (Lipinski definition) is 1. The zero-order valence-corrected chi connectivity index (χ0v) is 11.7. The number of fused-ring (bicyclic) bond motifs is 1. The van der Waals surface area contributed by atoms with Crippen LogP contribution in [0.1, 0.15) is 18.5 Å². The summed E-state index contributed by atoms with van der Waals surface area (Å²) >= 11 is 0. The Morgan fingerprint density at radius 2 is 1.95 bits per heavy atom. The van der Waals surface area contributed by atoms with Gasteiger partial charge in [-0.1, -0.05) is 18.2 Å².